The van der Waals surface area contributed by atoms with E-state index in [0.717, 1.165) is 33.6 Å². The Bertz CT molecular complexity index is 1120. The second kappa shape index (κ2) is 6.60. The molecular formula is C21H25N7. The molecule has 4 rings (SSSR count). The zero-order valence-corrected chi connectivity index (χ0v) is 16.9. The third-order valence-corrected chi connectivity index (χ3v) is 4.90. The van der Waals surface area contributed by atoms with Crippen LogP contribution < -0.4 is 5.73 Å². The van der Waals surface area contributed by atoms with Crippen LogP contribution in [0.4, 0.5) is 5.69 Å². The van der Waals surface area contributed by atoms with Crippen LogP contribution in [0.2, 0.25) is 0 Å². The Morgan fingerprint density at radius 2 is 2.04 bits per heavy atom. The van der Waals surface area contributed by atoms with E-state index >= 15 is 0 Å². The van der Waals surface area contributed by atoms with E-state index in [1.807, 2.05) is 26.0 Å². The summed E-state index contributed by atoms with van der Waals surface area (Å²) in [6.45, 7) is 10.9. The number of rotatable bonds is 3. The molecule has 1 aromatic carbocycles. The van der Waals surface area contributed by atoms with Gasteiger partial charge in [0.25, 0.3) is 0 Å². The van der Waals surface area contributed by atoms with Crippen molar-refractivity contribution in [2.75, 3.05) is 6.54 Å². The molecule has 3 aromatic rings. The Morgan fingerprint density at radius 1 is 1.25 bits per heavy atom. The van der Waals surface area contributed by atoms with Crippen LogP contribution in [0.5, 0.6) is 0 Å². The van der Waals surface area contributed by atoms with Crippen LogP contribution in [-0.4, -0.2) is 37.8 Å². The molecule has 2 aromatic heterocycles. The van der Waals surface area contributed by atoms with E-state index in [2.05, 4.69) is 43.0 Å². The van der Waals surface area contributed by atoms with Crippen molar-refractivity contribution in [2.24, 2.45) is 21.2 Å². The second-order valence-electron chi connectivity index (χ2n) is 8.31. The van der Waals surface area contributed by atoms with Gasteiger partial charge in [-0.15, -0.1) is 9.89 Å². The van der Waals surface area contributed by atoms with Crippen molar-refractivity contribution in [3.05, 3.63) is 47.7 Å². The molecule has 0 saturated heterocycles. The largest absolute Gasteiger partial charge is 0.330 e. The third kappa shape index (κ3) is 3.11. The fraction of sp³-hybridized carbons (Fsp3) is 0.381. The number of benzene rings is 1. The van der Waals surface area contributed by atoms with Crippen molar-refractivity contribution < 1.29 is 0 Å². The zero-order valence-electron chi connectivity index (χ0n) is 16.9. The lowest BCUT2D eigenvalue weighted by Crippen LogP contribution is -2.27. The average molecular weight is 375 g/mol. The lowest BCUT2D eigenvalue weighted by atomic mass is 9.87. The summed E-state index contributed by atoms with van der Waals surface area (Å²) in [6.07, 6.45) is 1.80. The number of hydrogen-bond acceptors (Lipinski definition) is 6. The SMILES string of the molecule is Cc1cc2ncccc2cc1/N=C1/C(C(C)(C)C)=Nn2nc(C(C)CN)nc21. The molecule has 2 N–H and O–H groups in total. The molecule has 0 amide bonds. The Kier molecular flexibility index (Phi) is 4.34. The smallest absolute Gasteiger partial charge is 0.204 e. The molecule has 0 bridgehead atoms. The Hall–Kier alpha value is -2.93. The van der Waals surface area contributed by atoms with Gasteiger partial charge in [-0.05, 0) is 30.7 Å². The molecule has 1 aliphatic heterocycles. The van der Waals surface area contributed by atoms with Gasteiger partial charge in [0, 0.05) is 29.5 Å². The molecule has 1 unspecified atom stereocenters. The predicted octanol–water partition coefficient (Wildman–Crippen LogP) is 3.58. The maximum absolute atomic E-state index is 5.79. The van der Waals surface area contributed by atoms with Crippen LogP contribution in [0.25, 0.3) is 10.9 Å². The minimum absolute atomic E-state index is 0.0705. The third-order valence-electron chi connectivity index (χ3n) is 4.90. The first-order chi connectivity index (χ1) is 13.3. The summed E-state index contributed by atoms with van der Waals surface area (Å²) >= 11 is 0. The quantitative estimate of drug-likeness (QED) is 0.757. The first-order valence-electron chi connectivity index (χ1n) is 9.49. The highest BCUT2D eigenvalue weighted by atomic mass is 15.6. The average Bonchev–Trinajstić information content (AvgIpc) is 3.20. The van der Waals surface area contributed by atoms with Gasteiger partial charge >= 0.3 is 0 Å². The molecule has 3 heterocycles. The van der Waals surface area contributed by atoms with E-state index in [-0.39, 0.29) is 11.3 Å². The van der Waals surface area contributed by atoms with E-state index in [1.165, 1.54) is 0 Å². The second-order valence-corrected chi connectivity index (χ2v) is 8.31. The molecule has 0 saturated carbocycles. The monoisotopic (exact) mass is 375 g/mol. The number of nitrogens with two attached hydrogens (primary N) is 1. The number of aromatic nitrogens is 4. The first kappa shape index (κ1) is 18.4. The Balaban J connectivity index is 1.89. The summed E-state index contributed by atoms with van der Waals surface area (Å²) in [7, 11) is 0. The van der Waals surface area contributed by atoms with Crippen molar-refractivity contribution in [3.63, 3.8) is 0 Å². The molecule has 0 fully saturated rings. The van der Waals surface area contributed by atoms with Gasteiger partial charge in [0.2, 0.25) is 5.82 Å². The van der Waals surface area contributed by atoms with Crippen LogP contribution in [0.3, 0.4) is 0 Å². The van der Waals surface area contributed by atoms with Crippen LogP contribution in [0, 0.1) is 12.3 Å². The molecule has 28 heavy (non-hydrogen) atoms. The number of hydrogen-bond donors (Lipinski definition) is 1. The Morgan fingerprint density at radius 3 is 2.75 bits per heavy atom. The van der Waals surface area contributed by atoms with Crippen molar-refractivity contribution in [1.82, 2.24) is 19.9 Å². The summed E-state index contributed by atoms with van der Waals surface area (Å²) in [5.41, 5.74) is 10.1. The fourth-order valence-electron chi connectivity index (χ4n) is 3.16. The highest BCUT2D eigenvalue weighted by Crippen LogP contribution is 2.30. The zero-order chi connectivity index (χ0) is 20.1. The number of aryl methyl sites for hydroxylation is 1. The summed E-state index contributed by atoms with van der Waals surface area (Å²) < 4.78 is 0. The minimum atomic E-state index is -0.187. The molecule has 0 aliphatic carbocycles. The molecule has 144 valence electrons. The van der Waals surface area contributed by atoms with Crippen LogP contribution in [-0.2, 0) is 0 Å². The lowest BCUT2D eigenvalue weighted by Gasteiger charge is -2.18. The standard InChI is InChI=1S/C21H25N7/c1-12-9-16-14(7-6-8-23-16)10-15(12)24-17-18(21(3,4)5)26-28-20(17)25-19(27-28)13(2)11-22/h6-10,13H,11,22H2,1-5H3/b24-17-. The number of nitrogens with zero attached hydrogens (tertiary/aromatic N) is 6. The number of pyridine rings is 1. The van der Waals surface area contributed by atoms with Crippen LogP contribution >= 0.6 is 0 Å². The Labute approximate surface area is 164 Å². The van der Waals surface area contributed by atoms with Gasteiger partial charge in [-0.1, -0.05) is 33.8 Å². The van der Waals surface area contributed by atoms with Crippen LogP contribution in [0.15, 0.2) is 40.6 Å². The van der Waals surface area contributed by atoms with E-state index in [0.29, 0.717) is 18.2 Å². The van der Waals surface area contributed by atoms with Crippen molar-refractivity contribution >= 4 is 28.0 Å². The van der Waals surface area contributed by atoms with Gasteiger partial charge < -0.3 is 5.73 Å². The number of aliphatic imine (C=N–C) groups is 1. The highest BCUT2D eigenvalue weighted by Gasteiger charge is 2.35. The summed E-state index contributed by atoms with van der Waals surface area (Å²) in [5.74, 6) is 1.44. The molecule has 0 radical (unpaired) electrons. The fourth-order valence-corrected chi connectivity index (χ4v) is 3.16. The van der Waals surface area contributed by atoms with E-state index in [9.17, 15) is 0 Å². The topological polar surface area (TPSA) is 94.3 Å². The molecule has 7 nitrogen and oxygen atoms in total. The van der Waals surface area contributed by atoms with Crippen LogP contribution in [0.1, 0.15) is 50.8 Å². The predicted molar refractivity (Wildman–Crippen MR) is 112 cm³/mol. The van der Waals surface area contributed by atoms with Gasteiger partial charge in [-0.2, -0.15) is 5.10 Å². The maximum atomic E-state index is 5.79. The van der Waals surface area contributed by atoms with Crippen molar-refractivity contribution in [2.45, 2.75) is 40.5 Å². The van der Waals surface area contributed by atoms with Crippen molar-refractivity contribution in [3.8, 4) is 0 Å². The van der Waals surface area contributed by atoms with Gasteiger partial charge in [0.05, 0.1) is 16.9 Å². The summed E-state index contributed by atoms with van der Waals surface area (Å²) in [6, 6.07) is 8.10. The van der Waals surface area contributed by atoms with Gasteiger partial charge in [-0.25, -0.2) is 9.98 Å². The normalized spacial score (nSPS) is 16.5. The van der Waals surface area contributed by atoms with E-state index in [1.54, 1.807) is 11.0 Å². The van der Waals surface area contributed by atoms with Gasteiger partial charge in [-0.3, -0.25) is 4.98 Å². The van der Waals surface area contributed by atoms with E-state index < -0.39 is 0 Å². The molecule has 0 spiro atoms. The molecular weight excluding hydrogens is 350 g/mol. The highest BCUT2D eigenvalue weighted by molar-refractivity contribution is 6.50. The van der Waals surface area contributed by atoms with E-state index in [4.69, 9.17) is 20.8 Å². The van der Waals surface area contributed by atoms with Crippen molar-refractivity contribution in [1.29, 1.82) is 0 Å². The molecule has 1 aliphatic rings. The lowest BCUT2D eigenvalue weighted by molar-refractivity contribution is 0.587. The minimum Gasteiger partial charge on any atom is -0.330 e. The number of fused-ring (bicyclic) bond motifs is 2. The molecule has 7 heteroatoms. The summed E-state index contributed by atoms with van der Waals surface area (Å²) in [5, 5.41) is 10.3. The first-order valence-corrected chi connectivity index (χ1v) is 9.49. The van der Waals surface area contributed by atoms with Gasteiger partial charge in [0.15, 0.2) is 5.82 Å². The maximum Gasteiger partial charge on any atom is 0.204 e. The summed E-state index contributed by atoms with van der Waals surface area (Å²) in [4.78, 5) is 15.7. The van der Waals surface area contributed by atoms with Gasteiger partial charge in [0.1, 0.15) is 5.71 Å². The molecule has 1 atom stereocenters.